The standard InChI is InChI=1S/C13H17N3O/c1-3-16-13(11(8-14)9-15-16)10-4-6-12(17-2)7-5-10/h4-7,9H,3,8,14H2,1-2H3. The molecule has 0 aliphatic heterocycles. The summed E-state index contributed by atoms with van der Waals surface area (Å²) < 4.78 is 7.11. The first-order chi connectivity index (χ1) is 8.30. The Kier molecular flexibility index (Phi) is 3.44. The highest BCUT2D eigenvalue weighted by molar-refractivity contribution is 5.64. The van der Waals surface area contributed by atoms with Gasteiger partial charge in [0.2, 0.25) is 0 Å². The molecule has 0 saturated heterocycles. The van der Waals surface area contributed by atoms with E-state index in [0.717, 1.165) is 29.1 Å². The number of hydrogen-bond acceptors (Lipinski definition) is 3. The van der Waals surface area contributed by atoms with Gasteiger partial charge < -0.3 is 10.5 Å². The molecule has 4 heteroatoms. The molecule has 0 bridgehead atoms. The van der Waals surface area contributed by atoms with E-state index in [1.165, 1.54) is 0 Å². The van der Waals surface area contributed by atoms with Crippen LogP contribution in [0.15, 0.2) is 30.5 Å². The zero-order valence-corrected chi connectivity index (χ0v) is 10.2. The average Bonchev–Trinajstić information content (AvgIpc) is 2.81. The van der Waals surface area contributed by atoms with E-state index in [0.29, 0.717) is 6.54 Å². The zero-order valence-electron chi connectivity index (χ0n) is 10.2. The van der Waals surface area contributed by atoms with Gasteiger partial charge in [0.15, 0.2) is 0 Å². The van der Waals surface area contributed by atoms with E-state index in [9.17, 15) is 0 Å². The number of rotatable bonds is 4. The van der Waals surface area contributed by atoms with Crippen molar-refractivity contribution in [3.63, 3.8) is 0 Å². The van der Waals surface area contributed by atoms with Gasteiger partial charge in [0.05, 0.1) is 19.0 Å². The number of nitrogens with two attached hydrogens (primary N) is 1. The molecule has 4 nitrogen and oxygen atoms in total. The van der Waals surface area contributed by atoms with Gasteiger partial charge in [0, 0.05) is 24.2 Å². The third-order valence-corrected chi connectivity index (χ3v) is 2.80. The summed E-state index contributed by atoms with van der Waals surface area (Å²) in [6.07, 6.45) is 1.84. The Labute approximate surface area is 101 Å². The summed E-state index contributed by atoms with van der Waals surface area (Å²) in [6.45, 7) is 3.41. The number of benzene rings is 1. The molecule has 90 valence electrons. The van der Waals surface area contributed by atoms with Gasteiger partial charge in [-0.05, 0) is 31.2 Å². The molecule has 0 amide bonds. The van der Waals surface area contributed by atoms with Gasteiger partial charge in [0.25, 0.3) is 0 Å². The quantitative estimate of drug-likeness (QED) is 0.876. The van der Waals surface area contributed by atoms with Crippen molar-refractivity contribution in [3.8, 4) is 17.0 Å². The minimum atomic E-state index is 0.501. The summed E-state index contributed by atoms with van der Waals surface area (Å²) >= 11 is 0. The second-order valence-corrected chi connectivity index (χ2v) is 3.77. The van der Waals surface area contributed by atoms with E-state index in [-0.39, 0.29) is 0 Å². The van der Waals surface area contributed by atoms with Crippen LogP contribution in [0.5, 0.6) is 5.75 Å². The minimum absolute atomic E-state index is 0.501. The molecule has 2 N–H and O–H groups in total. The summed E-state index contributed by atoms with van der Waals surface area (Å²) in [4.78, 5) is 0. The zero-order chi connectivity index (χ0) is 12.3. The maximum atomic E-state index is 5.73. The lowest BCUT2D eigenvalue weighted by molar-refractivity contribution is 0.415. The lowest BCUT2D eigenvalue weighted by Crippen LogP contribution is -2.02. The Balaban J connectivity index is 2.46. The van der Waals surface area contributed by atoms with Crippen molar-refractivity contribution in [1.82, 2.24) is 9.78 Å². The van der Waals surface area contributed by atoms with Crippen LogP contribution in [0.1, 0.15) is 12.5 Å². The molecule has 0 fully saturated rings. The van der Waals surface area contributed by atoms with Gasteiger partial charge in [0.1, 0.15) is 5.75 Å². The molecule has 0 aliphatic carbocycles. The summed E-state index contributed by atoms with van der Waals surface area (Å²) in [6, 6.07) is 7.95. The van der Waals surface area contributed by atoms with Crippen LogP contribution < -0.4 is 10.5 Å². The van der Waals surface area contributed by atoms with Crippen LogP contribution in [0.25, 0.3) is 11.3 Å². The molecule has 2 rings (SSSR count). The fraction of sp³-hybridized carbons (Fsp3) is 0.308. The molecule has 1 aromatic carbocycles. The first-order valence-electron chi connectivity index (χ1n) is 5.69. The van der Waals surface area contributed by atoms with Gasteiger partial charge in [-0.15, -0.1) is 0 Å². The van der Waals surface area contributed by atoms with Crippen molar-refractivity contribution >= 4 is 0 Å². The largest absolute Gasteiger partial charge is 0.497 e. The average molecular weight is 231 g/mol. The normalized spacial score (nSPS) is 10.5. The Hall–Kier alpha value is -1.81. The highest BCUT2D eigenvalue weighted by Gasteiger charge is 2.10. The summed E-state index contributed by atoms with van der Waals surface area (Å²) in [7, 11) is 1.66. The lowest BCUT2D eigenvalue weighted by Gasteiger charge is -2.08. The van der Waals surface area contributed by atoms with Crippen molar-refractivity contribution in [2.24, 2.45) is 5.73 Å². The fourth-order valence-corrected chi connectivity index (χ4v) is 1.90. The number of nitrogens with zero attached hydrogens (tertiary/aromatic N) is 2. The second kappa shape index (κ2) is 5.01. The SMILES string of the molecule is CCn1ncc(CN)c1-c1ccc(OC)cc1. The number of ether oxygens (including phenoxy) is 1. The summed E-state index contributed by atoms with van der Waals surface area (Å²) in [5.41, 5.74) is 9.01. The van der Waals surface area contributed by atoms with E-state index in [4.69, 9.17) is 10.5 Å². The van der Waals surface area contributed by atoms with Crippen molar-refractivity contribution in [2.45, 2.75) is 20.0 Å². The first kappa shape index (κ1) is 11.7. The van der Waals surface area contributed by atoms with Gasteiger partial charge in [-0.2, -0.15) is 5.10 Å². The monoisotopic (exact) mass is 231 g/mol. The number of hydrogen-bond donors (Lipinski definition) is 1. The Morgan fingerprint density at radius 1 is 1.29 bits per heavy atom. The van der Waals surface area contributed by atoms with Crippen molar-refractivity contribution in [3.05, 3.63) is 36.0 Å². The molecule has 2 aromatic rings. The van der Waals surface area contributed by atoms with Gasteiger partial charge in [-0.3, -0.25) is 4.68 Å². The molecule has 1 heterocycles. The van der Waals surface area contributed by atoms with Crippen molar-refractivity contribution < 1.29 is 4.74 Å². The van der Waals surface area contributed by atoms with E-state index in [1.54, 1.807) is 7.11 Å². The van der Waals surface area contributed by atoms with Crippen LogP contribution in [0.2, 0.25) is 0 Å². The molecule has 0 radical (unpaired) electrons. The number of methoxy groups -OCH3 is 1. The van der Waals surface area contributed by atoms with E-state index in [1.807, 2.05) is 35.1 Å². The molecule has 0 saturated carbocycles. The van der Waals surface area contributed by atoms with Crippen LogP contribution in [-0.2, 0) is 13.1 Å². The lowest BCUT2D eigenvalue weighted by atomic mass is 10.1. The molecule has 0 atom stereocenters. The maximum absolute atomic E-state index is 5.73. The molecular formula is C13H17N3O. The van der Waals surface area contributed by atoms with Crippen LogP contribution in [0, 0.1) is 0 Å². The predicted molar refractivity (Wildman–Crippen MR) is 67.8 cm³/mol. The second-order valence-electron chi connectivity index (χ2n) is 3.77. The highest BCUT2D eigenvalue weighted by Crippen LogP contribution is 2.25. The van der Waals surface area contributed by atoms with Crippen LogP contribution in [0.3, 0.4) is 0 Å². The molecule has 17 heavy (non-hydrogen) atoms. The molecular weight excluding hydrogens is 214 g/mol. The fourth-order valence-electron chi connectivity index (χ4n) is 1.90. The van der Waals surface area contributed by atoms with Crippen LogP contribution in [0.4, 0.5) is 0 Å². The Morgan fingerprint density at radius 2 is 2.00 bits per heavy atom. The van der Waals surface area contributed by atoms with E-state index < -0.39 is 0 Å². The molecule has 1 aromatic heterocycles. The van der Waals surface area contributed by atoms with Gasteiger partial charge >= 0.3 is 0 Å². The Morgan fingerprint density at radius 3 is 2.53 bits per heavy atom. The van der Waals surface area contributed by atoms with Crippen molar-refractivity contribution in [1.29, 1.82) is 0 Å². The third-order valence-electron chi connectivity index (χ3n) is 2.80. The van der Waals surface area contributed by atoms with Gasteiger partial charge in [-0.25, -0.2) is 0 Å². The first-order valence-corrected chi connectivity index (χ1v) is 5.69. The van der Waals surface area contributed by atoms with Crippen LogP contribution in [-0.4, -0.2) is 16.9 Å². The summed E-state index contributed by atoms with van der Waals surface area (Å²) in [5, 5.41) is 4.33. The van der Waals surface area contributed by atoms with E-state index >= 15 is 0 Å². The van der Waals surface area contributed by atoms with Crippen molar-refractivity contribution in [2.75, 3.05) is 7.11 Å². The maximum Gasteiger partial charge on any atom is 0.118 e. The summed E-state index contributed by atoms with van der Waals surface area (Å²) in [5.74, 6) is 0.852. The minimum Gasteiger partial charge on any atom is -0.497 e. The smallest absolute Gasteiger partial charge is 0.118 e. The predicted octanol–water partition coefficient (Wildman–Crippen LogP) is 2.04. The Bertz CT molecular complexity index is 466. The number of aromatic nitrogens is 2. The van der Waals surface area contributed by atoms with Gasteiger partial charge in [-0.1, -0.05) is 0 Å². The van der Waals surface area contributed by atoms with Crippen LogP contribution >= 0.6 is 0 Å². The third kappa shape index (κ3) is 2.17. The molecule has 0 unspecified atom stereocenters. The topological polar surface area (TPSA) is 53.1 Å². The molecule has 0 aliphatic rings. The van der Waals surface area contributed by atoms with E-state index in [2.05, 4.69) is 12.0 Å². The number of aryl methyl sites for hydroxylation is 1. The molecule has 0 spiro atoms. The highest BCUT2D eigenvalue weighted by atomic mass is 16.5.